The van der Waals surface area contributed by atoms with Crippen molar-refractivity contribution in [3.8, 4) is 5.75 Å². The van der Waals surface area contributed by atoms with Crippen molar-refractivity contribution in [3.05, 3.63) is 29.8 Å². The fourth-order valence-electron chi connectivity index (χ4n) is 2.63. The molecule has 1 saturated carbocycles. The molecule has 0 aliphatic heterocycles. The summed E-state index contributed by atoms with van der Waals surface area (Å²) in [5.74, 6) is 0.180. The Morgan fingerprint density at radius 2 is 2.05 bits per heavy atom. The van der Waals surface area contributed by atoms with E-state index in [2.05, 4.69) is 11.6 Å². The van der Waals surface area contributed by atoms with Crippen LogP contribution >= 0.6 is 11.8 Å². The lowest BCUT2D eigenvalue weighted by atomic mass is 10.1. The number of carbonyl (C=O) groups is 1. The maximum Gasteiger partial charge on any atom is 0.224 e. The number of rotatable bonds is 5. The van der Waals surface area contributed by atoms with Crippen LogP contribution in [0.5, 0.6) is 5.75 Å². The van der Waals surface area contributed by atoms with Crippen molar-refractivity contribution in [2.75, 3.05) is 12.8 Å². The van der Waals surface area contributed by atoms with E-state index in [4.69, 9.17) is 0 Å². The van der Waals surface area contributed by atoms with Crippen molar-refractivity contribution < 1.29 is 9.90 Å². The lowest BCUT2D eigenvalue weighted by Gasteiger charge is -2.26. The summed E-state index contributed by atoms with van der Waals surface area (Å²) in [4.78, 5) is 11.9. The lowest BCUT2D eigenvalue weighted by Crippen LogP contribution is -2.39. The number of phenolic OH excluding ortho intramolecular Hbond substituents is 1. The zero-order valence-corrected chi connectivity index (χ0v) is 12.1. The van der Waals surface area contributed by atoms with Crippen LogP contribution in [0.15, 0.2) is 24.3 Å². The van der Waals surface area contributed by atoms with Crippen LogP contribution in [-0.4, -0.2) is 28.6 Å². The largest absolute Gasteiger partial charge is 0.508 e. The summed E-state index contributed by atoms with van der Waals surface area (Å²) in [5.41, 5.74) is 0.685. The first kappa shape index (κ1) is 14.3. The van der Waals surface area contributed by atoms with Gasteiger partial charge in [-0.15, -0.1) is 0 Å². The lowest BCUT2D eigenvalue weighted by molar-refractivity contribution is -0.120. The Balaban J connectivity index is 1.86. The van der Waals surface area contributed by atoms with Crippen LogP contribution < -0.4 is 5.32 Å². The fourth-order valence-corrected chi connectivity index (χ4v) is 3.54. The van der Waals surface area contributed by atoms with Crippen molar-refractivity contribution >= 4 is 17.7 Å². The molecule has 1 aromatic carbocycles. The minimum Gasteiger partial charge on any atom is -0.508 e. The van der Waals surface area contributed by atoms with Crippen LogP contribution in [0.3, 0.4) is 0 Å². The molecule has 1 amide bonds. The summed E-state index contributed by atoms with van der Waals surface area (Å²) in [6.07, 6.45) is 7.26. The summed E-state index contributed by atoms with van der Waals surface area (Å²) in [6, 6.07) is 7.00. The van der Waals surface area contributed by atoms with E-state index in [9.17, 15) is 9.90 Å². The van der Waals surface area contributed by atoms with Crippen LogP contribution in [-0.2, 0) is 11.2 Å². The molecule has 1 aromatic rings. The van der Waals surface area contributed by atoms with E-state index in [1.807, 2.05) is 17.8 Å². The van der Waals surface area contributed by atoms with Gasteiger partial charge in [0.25, 0.3) is 0 Å². The highest BCUT2D eigenvalue weighted by atomic mass is 32.2. The summed E-state index contributed by atoms with van der Waals surface area (Å²) in [5, 5.41) is 12.7. The highest BCUT2D eigenvalue weighted by Crippen LogP contribution is 2.39. The maximum absolute atomic E-state index is 11.9. The average molecular weight is 279 g/mol. The molecule has 0 radical (unpaired) electrons. The van der Waals surface area contributed by atoms with Crippen molar-refractivity contribution in [1.82, 2.24) is 5.32 Å². The molecule has 0 aromatic heterocycles. The van der Waals surface area contributed by atoms with Gasteiger partial charge in [0.1, 0.15) is 5.75 Å². The normalized spacial score (nSPS) is 17.3. The smallest absolute Gasteiger partial charge is 0.224 e. The van der Waals surface area contributed by atoms with Gasteiger partial charge >= 0.3 is 0 Å². The Kier molecular flexibility index (Phi) is 4.75. The third-order valence-electron chi connectivity index (χ3n) is 3.90. The zero-order chi connectivity index (χ0) is 13.7. The van der Waals surface area contributed by atoms with Gasteiger partial charge in [0.15, 0.2) is 0 Å². The van der Waals surface area contributed by atoms with Crippen molar-refractivity contribution in [3.63, 3.8) is 0 Å². The maximum atomic E-state index is 11.9. The first-order valence-corrected chi connectivity index (χ1v) is 7.96. The molecule has 3 nitrogen and oxygen atoms in total. The second-order valence-corrected chi connectivity index (χ2v) is 6.45. The number of phenols is 1. The molecule has 1 fully saturated rings. The Morgan fingerprint density at radius 1 is 1.37 bits per heavy atom. The van der Waals surface area contributed by atoms with E-state index in [0.29, 0.717) is 5.56 Å². The molecule has 0 spiro atoms. The molecular formula is C15H21NO2S. The second-order valence-electron chi connectivity index (χ2n) is 5.18. The molecule has 104 valence electrons. The highest BCUT2D eigenvalue weighted by molar-refractivity contribution is 8.00. The number of nitrogens with one attached hydrogen (secondary N) is 1. The summed E-state index contributed by atoms with van der Waals surface area (Å²) >= 11 is 1.87. The Morgan fingerprint density at radius 3 is 2.68 bits per heavy atom. The number of aromatic hydroxyl groups is 1. The van der Waals surface area contributed by atoms with Gasteiger partial charge in [0, 0.05) is 16.9 Å². The number of hydrogen-bond donors (Lipinski definition) is 2. The molecule has 2 N–H and O–H groups in total. The number of para-hydroxylation sites is 1. The number of carbonyl (C=O) groups excluding carboxylic acids is 1. The van der Waals surface area contributed by atoms with Crippen molar-refractivity contribution in [1.29, 1.82) is 0 Å². The molecule has 1 aliphatic carbocycles. The molecular weight excluding hydrogens is 258 g/mol. The standard InChI is InChI=1S/C15H21NO2S/c1-19-15(8-4-5-9-15)11-16-14(18)10-12-6-2-3-7-13(12)17/h2-3,6-7,17H,4-5,8-11H2,1H3,(H,16,18). The second kappa shape index (κ2) is 6.33. The Labute approximate surface area is 118 Å². The predicted octanol–water partition coefficient (Wildman–Crippen LogP) is 2.73. The first-order valence-electron chi connectivity index (χ1n) is 6.74. The van der Waals surface area contributed by atoms with Gasteiger partial charge in [-0.3, -0.25) is 4.79 Å². The van der Waals surface area contributed by atoms with Gasteiger partial charge in [-0.1, -0.05) is 31.0 Å². The van der Waals surface area contributed by atoms with Crippen molar-refractivity contribution in [2.24, 2.45) is 0 Å². The molecule has 19 heavy (non-hydrogen) atoms. The fraction of sp³-hybridized carbons (Fsp3) is 0.533. The number of thioether (sulfide) groups is 1. The molecule has 1 aliphatic rings. The summed E-state index contributed by atoms with van der Waals surface area (Å²) < 4.78 is 0.231. The van der Waals surface area contributed by atoms with Crippen LogP contribution in [0.4, 0.5) is 0 Å². The number of benzene rings is 1. The van der Waals surface area contributed by atoms with Gasteiger partial charge in [-0.2, -0.15) is 11.8 Å². The Hall–Kier alpha value is -1.16. The van der Waals surface area contributed by atoms with E-state index < -0.39 is 0 Å². The molecule has 0 atom stereocenters. The SMILES string of the molecule is CSC1(CNC(=O)Cc2ccccc2O)CCCC1. The monoisotopic (exact) mass is 279 g/mol. The molecule has 4 heteroatoms. The van der Waals surface area contributed by atoms with Gasteiger partial charge in [0.05, 0.1) is 6.42 Å². The van der Waals surface area contributed by atoms with E-state index in [0.717, 1.165) is 6.54 Å². The predicted molar refractivity (Wildman–Crippen MR) is 79.5 cm³/mol. The third kappa shape index (κ3) is 3.66. The van der Waals surface area contributed by atoms with E-state index in [1.165, 1.54) is 25.7 Å². The zero-order valence-electron chi connectivity index (χ0n) is 11.3. The summed E-state index contributed by atoms with van der Waals surface area (Å²) in [7, 11) is 0. The highest BCUT2D eigenvalue weighted by Gasteiger charge is 2.33. The number of hydrogen-bond acceptors (Lipinski definition) is 3. The van der Waals surface area contributed by atoms with Crippen LogP contribution in [0.2, 0.25) is 0 Å². The third-order valence-corrected chi connectivity index (χ3v) is 5.32. The van der Waals surface area contributed by atoms with Gasteiger partial charge in [-0.25, -0.2) is 0 Å². The van der Waals surface area contributed by atoms with Crippen LogP contribution in [0.1, 0.15) is 31.2 Å². The average Bonchev–Trinajstić information content (AvgIpc) is 2.89. The quantitative estimate of drug-likeness (QED) is 0.871. The Bertz CT molecular complexity index is 442. The first-order chi connectivity index (χ1) is 9.15. The summed E-state index contributed by atoms with van der Waals surface area (Å²) in [6.45, 7) is 0.737. The van der Waals surface area contributed by atoms with E-state index in [-0.39, 0.29) is 22.8 Å². The molecule has 0 unspecified atom stereocenters. The van der Waals surface area contributed by atoms with Crippen LogP contribution in [0, 0.1) is 0 Å². The minimum atomic E-state index is -0.0122. The van der Waals surface area contributed by atoms with E-state index in [1.54, 1.807) is 18.2 Å². The number of amides is 1. The van der Waals surface area contributed by atoms with Gasteiger partial charge in [0.2, 0.25) is 5.91 Å². The molecule has 2 rings (SSSR count). The van der Waals surface area contributed by atoms with Crippen LogP contribution in [0.25, 0.3) is 0 Å². The topological polar surface area (TPSA) is 49.3 Å². The van der Waals surface area contributed by atoms with Gasteiger partial charge in [-0.05, 0) is 25.2 Å². The van der Waals surface area contributed by atoms with Crippen molar-refractivity contribution in [2.45, 2.75) is 36.9 Å². The molecule has 0 bridgehead atoms. The van der Waals surface area contributed by atoms with Gasteiger partial charge < -0.3 is 10.4 Å². The molecule has 0 heterocycles. The molecule has 0 saturated heterocycles. The minimum absolute atomic E-state index is 0.0122. The van der Waals surface area contributed by atoms with E-state index >= 15 is 0 Å².